The number of rotatable bonds is 4. The topological polar surface area (TPSA) is 35.5 Å². The van der Waals surface area contributed by atoms with Crippen molar-refractivity contribution in [2.45, 2.75) is 69.2 Å². The highest BCUT2D eigenvalue weighted by molar-refractivity contribution is 5.23. The van der Waals surface area contributed by atoms with E-state index >= 15 is 0 Å². The fraction of sp³-hybridized carbons (Fsp3) is 0.545. The third-order valence-electron chi connectivity index (χ3n) is 6.20. The molecular formula is C22H30N2O. The number of aliphatic hydroxyl groups is 1. The molecule has 134 valence electrons. The molecule has 0 spiro atoms. The van der Waals surface area contributed by atoms with Gasteiger partial charge in [-0.15, -0.1) is 0 Å². The predicted octanol–water partition coefficient (Wildman–Crippen LogP) is 3.76. The van der Waals surface area contributed by atoms with Crippen LogP contribution in [0.3, 0.4) is 0 Å². The summed E-state index contributed by atoms with van der Waals surface area (Å²) in [5.74, 6) is 0. The van der Waals surface area contributed by atoms with Crippen LogP contribution in [0.4, 0.5) is 0 Å². The van der Waals surface area contributed by atoms with E-state index in [2.05, 4.69) is 58.8 Å². The fourth-order valence-corrected chi connectivity index (χ4v) is 4.89. The van der Waals surface area contributed by atoms with Gasteiger partial charge in [-0.2, -0.15) is 0 Å². The van der Waals surface area contributed by atoms with Gasteiger partial charge < -0.3 is 10.4 Å². The maximum absolute atomic E-state index is 11.7. The Morgan fingerprint density at radius 3 is 2.80 bits per heavy atom. The predicted molar refractivity (Wildman–Crippen MR) is 102 cm³/mol. The lowest BCUT2D eigenvalue weighted by Crippen LogP contribution is -2.68. The van der Waals surface area contributed by atoms with Gasteiger partial charge in [-0.3, -0.25) is 4.90 Å². The molecule has 1 aromatic rings. The van der Waals surface area contributed by atoms with Gasteiger partial charge in [0.15, 0.2) is 0 Å². The molecule has 25 heavy (non-hydrogen) atoms. The van der Waals surface area contributed by atoms with E-state index in [0.717, 1.165) is 51.6 Å². The van der Waals surface area contributed by atoms with E-state index in [0.29, 0.717) is 0 Å². The van der Waals surface area contributed by atoms with Crippen molar-refractivity contribution < 1.29 is 5.11 Å². The first-order valence-electron chi connectivity index (χ1n) is 9.89. The number of hydrogen-bond acceptors (Lipinski definition) is 3. The van der Waals surface area contributed by atoms with E-state index in [4.69, 9.17) is 0 Å². The van der Waals surface area contributed by atoms with Gasteiger partial charge in [0.2, 0.25) is 0 Å². The first-order chi connectivity index (χ1) is 12.3. The van der Waals surface area contributed by atoms with Crippen LogP contribution in [0, 0.1) is 0 Å². The summed E-state index contributed by atoms with van der Waals surface area (Å²) in [7, 11) is 0. The van der Waals surface area contributed by atoms with Crippen LogP contribution in [0.25, 0.3) is 0 Å². The number of hydrogen-bond donors (Lipinski definition) is 2. The van der Waals surface area contributed by atoms with Crippen LogP contribution in [-0.4, -0.2) is 34.2 Å². The quantitative estimate of drug-likeness (QED) is 0.877. The summed E-state index contributed by atoms with van der Waals surface area (Å²) < 4.78 is 0. The van der Waals surface area contributed by atoms with Crippen molar-refractivity contribution in [1.82, 2.24) is 10.2 Å². The summed E-state index contributed by atoms with van der Waals surface area (Å²) in [5, 5.41) is 15.4. The van der Waals surface area contributed by atoms with Crippen LogP contribution >= 0.6 is 0 Å². The number of allylic oxidation sites excluding steroid dienone is 3. The van der Waals surface area contributed by atoms with Crippen LogP contribution in [0.2, 0.25) is 0 Å². The molecular weight excluding hydrogens is 308 g/mol. The normalized spacial score (nSPS) is 32.8. The molecule has 1 aromatic carbocycles. The average Bonchev–Trinajstić information content (AvgIpc) is 2.65. The molecule has 1 aliphatic heterocycles. The van der Waals surface area contributed by atoms with Crippen LogP contribution in [-0.2, 0) is 6.54 Å². The summed E-state index contributed by atoms with van der Waals surface area (Å²) >= 11 is 0. The third-order valence-corrected chi connectivity index (χ3v) is 6.20. The van der Waals surface area contributed by atoms with Crippen molar-refractivity contribution in [1.29, 1.82) is 0 Å². The molecule has 3 nitrogen and oxygen atoms in total. The molecule has 3 atom stereocenters. The van der Waals surface area contributed by atoms with Crippen LogP contribution in [0.5, 0.6) is 0 Å². The second-order valence-corrected chi connectivity index (χ2v) is 7.83. The van der Waals surface area contributed by atoms with Crippen LogP contribution in [0.15, 0.2) is 54.3 Å². The zero-order valence-electron chi connectivity index (χ0n) is 15.0. The molecule has 2 fully saturated rings. The van der Waals surface area contributed by atoms with E-state index in [1.807, 2.05) is 0 Å². The molecule has 2 N–H and O–H groups in total. The minimum absolute atomic E-state index is 0.166. The fourth-order valence-electron chi connectivity index (χ4n) is 4.89. The van der Waals surface area contributed by atoms with Crippen molar-refractivity contribution in [2.75, 3.05) is 6.54 Å². The molecule has 0 amide bonds. The number of fused-ring (bicyclic) bond motifs is 1. The van der Waals surface area contributed by atoms with Crippen molar-refractivity contribution in [3.05, 3.63) is 59.8 Å². The summed E-state index contributed by atoms with van der Waals surface area (Å²) in [6, 6.07) is 11.1. The molecule has 4 rings (SSSR count). The molecule has 0 aromatic heterocycles. The Bertz CT molecular complexity index is 639. The van der Waals surface area contributed by atoms with Crippen LogP contribution in [0.1, 0.15) is 50.5 Å². The van der Waals surface area contributed by atoms with E-state index in [1.54, 1.807) is 0 Å². The largest absolute Gasteiger partial charge is 0.386 e. The smallest absolute Gasteiger partial charge is 0.100 e. The second-order valence-electron chi connectivity index (χ2n) is 7.83. The molecule has 2 aliphatic carbocycles. The first-order valence-corrected chi connectivity index (χ1v) is 9.89. The number of nitrogens with zero attached hydrogens (tertiary/aromatic N) is 1. The van der Waals surface area contributed by atoms with E-state index < -0.39 is 5.60 Å². The Morgan fingerprint density at radius 1 is 1.12 bits per heavy atom. The summed E-state index contributed by atoms with van der Waals surface area (Å²) in [6.07, 6.45) is 14.3. The Hall–Kier alpha value is -1.58. The number of nitrogens with one attached hydrogen (secondary N) is 1. The van der Waals surface area contributed by atoms with Gasteiger partial charge in [-0.05, 0) is 43.7 Å². The maximum atomic E-state index is 11.7. The number of likely N-dealkylation sites (tertiary alicyclic amines) is 1. The van der Waals surface area contributed by atoms with E-state index in [9.17, 15) is 5.11 Å². The second kappa shape index (κ2) is 7.35. The lowest BCUT2D eigenvalue weighted by atomic mass is 9.71. The van der Waals surface area contributed by atoms with Gasteiger partial charge in [0.1, 0.15) is 5.60 Å². The highest BCUT2D eigenvalue weighted by atomic mass is 16.3. The Labute approximate surface area is 151 Å². The van der Waals surface area contributed by atoms with Gasteiger partial charge in [-0.1, -0.05) is 55.3 Å². The van der Waals surface area contributed by atoms with Gasteiger partial charge in [-0.25, -0.2) is 0 Å². The zero-order valence-corrected chi connectivity index (χ0v) is 15.0. The molecule has 3 aliphatic rings. The standard InChI is InChI=1S/C22H30N2O/c25-22-15-8-7-13-21(22)24(17-18-9-3-1-4-10-18)16-14-20(22)23-19-11-5-2-6-12-19/h1,3-5,9-12,20-21,23,25H,2,6-8,13-17H2/t20?,21-,22?/m0/s1. The number of benzene rings is 1. The first kappa shape index (κ1) is 16.9. The molecule has 2 unspecified atom stereocenters. The Morgan fingerprint density at radius 2 is 2.00 bits per heavy atom. The lowest BCUT2D eigenvalue weighted by Gasteiger charge is -2.54. The molecule has 1 saturated carbocycles. The Balaban J connectivity index is 1.51. The summed E-state index contributed by atoms with van der Waals surface area (Å²) in [4.78, 5) is 2.53. The van der Waals surface area contributed by atoms with E-state index in [1.165, 1.54) is 17.7 Å². The lowest BCUT2D eigenvalue weighted by molar-refractivity contribution is -0.125. The van der Waals surface area contributed by atoms with Gasteiger partial charge in [0, 0.05) is 24.8 Å². The zero-order chi connectivity index (χ0) is 17.1. The van der Waals surface area contributed by atoms with Gasteiger partial charge in [0.25, 0.3) is 0 Å². The molecule has 1 heterocycles. The van der Waals surface area contributed by atoms with Crippen molar-refractivity contribution >= 4 is 0 Å². The molecule has 0 radical (unpaired) electrons. The van der Waals surface area contributed by atoms with Gasteiger partial charge in [0.05, 0.1) is 6.04 Å². The summed E-state index contributed by atoms with van der Waals surface area (Å²) in [6.45, 7) is 2.00. The third kappa shape index (κ3) is 3.54. The Kier molecular flexibility index (Phi) is 4.96. The van der Waals surface area contributed by atoms with Crippen molar-refractivity contribution in [3.63, 3.8) is 0 Å². The maximum Gasteiger partial charge on any atom is 0.100 e. The van der Waals surface area contributed by atoms with E-state index in [-0.39, 0.29) is 12.1 Å². The molecule has 1 saturated heterocycles. The SMILES string of the molecule is OC12CCCC[C@@H]1N(Cc1ccccc1)CCC2NC1=CCCC=C1. The minimum Gasteiger partial charge on any atom is -0.386 e. The monoisotopic (exact) mass is 338 g/mol. The van der Waals surface area contributed by atoms with Crippen LogP contribution < -0.4 is 5.32 Å². The van der Waals surface area contributed by atoms with Gasteiger partial charge >= 0.3 is 0 Å². The highest BCUT2D eigenvalue weighted by Gasteiger charge is 2.50. The summed E-state index contributed by atoms with van der Waals surface area (Å²) in [5.41, 5.74) is 1.93. The molecule has 0 bridgehead atoms. The highest BCUT2D eigenvalue weighted by Crippen LogP contribution is 2.40. The number of piperidine rings is 1. The van der Waals surface area contributed by atoms with Crippen molar-refractivity contribution in [2.24, 2.45) is 0 Å². The minimum atomic E-state index is -0.614. The molecule has 3 heteroatoms. The average molecular weight is 338 g/mol. The van der Waals surface area contributed by atoms with Crippen molar-refractivity contribution in [3.8, 4) is 0 Å².